The van der Waals surface area contributed by atoms with Gasteiger partial charge in [0.2, 0.25) is 0 Å². The largest absolute Gasteiger partial charge is 0.391 e. The molecular formula is C14H26FN3O2. The van der Waals surface area contributed by atoms with Crippen molar-refractivity contribution >= 4 is 6.03 Å². The summed E-state index contributed by atoms with van der Waals surface area (Å²) in [6.45, 7) is 1.36. The Labute approximate surface area is 119 Å². The molecule has 6 heteroatoms. The number of rotatable bonds is 4. The van der Waals surface area contributed by atoms with Crippen molar-refractivity contribution in [2.75, 3.05) is 26.3 Å². The Morgan fingerprint density at radius 2 is 1.90 bits per heavy atom. The Hall–Kier alpha value is -0.880. The van der Waals surface area contributed by atoms with Crippen molar-refractivity contribution in [2.24, 2.45) is 0 Å². The van der Waals surface area contributed by atoms with Gasteiger partial charge in [0, 0.05) is 31.7 Å². The molecule has 0 aromatic rings. The van der Waals surface area contributed by atoms with Gasteiger partial charge in [0.05, 0.1) is 6.10 Å². The molecule has 0 aromatic heterocycles. The number of halogens is 1. The van der Waals surface area contributed by atoms with E-state index < -0.39 is 6.67 Å². The average Bonchev–Trinajstić information content (AvgIpc) is 2.47. The third-order valence-electron chi connectivity index (χ3n) is 4.41. The first-order chi connectivity index (χ1) is 9.70. The lowest BCUT2D eigenvalue weighted by atomic mass is 9.89. The summed E-state index contributed by atoms with van der Waals surface area (Å²) in [5.74, 6) is 0. The van der Waals surface area contributed by atoms with Gasteiger partial charge in [-0.2, -0.15) is 0 Å². The van der Waals surface area contributed by atoms with Crippen LogP contribution >= 0.6 is 0 Å². The Morgan fingerprint density at radius 3 is 2.55 bits per heavy atom. The summed E-state index contributed by atoms with van der Waals surface area (Å²) in [6.07, 6.45) is 5.92. The number of aliphatic hydroxyl groups is 1. The Morgan fingerprint density at radius 1 is 1.20 bits per heavy atom. The van der Waals surface area contributed by atoms with E-state index in [-0.39, 0.29) is 24.7 Å². The number of carbonyl (C=O) groups is 1. The molecule has 0 bridgehead atoms. The number of likely N-dealkylation sites (tertiary alicyclic amines) is 1. The zero-order valence-corrected chi connectivity index (χ0v) is 12.0. The summed E-state index contributed by atoms with van der Waals surface area (Å²) >= 11 is 0. The number of amides is 2. The van der Waals surface area contributed by atoms with Gasteiger partial charge in [-0.05, 0) is 25.7 Å². The number of carbonyl (C=O) groups excluding carboxylic acids is 1. The molecule has 1 aliphatic heterocycles. The van der Waals surface area contributed by atoms with Crippen LogP contribution in [0.4, 0.5) is 9.18 Å². The summed E-state index contributed by atoms with van der Waals surface area (Å²) in [7, 11) is 0. The molecule has 5 nitrogen and oxygen atoms in total. The van der Waals surface area contributed by atoms with Gasteiger partial charge in [-0.15, -0.1) is 0 Å². The van der Waals surface area contributed by atoms with Gasteiger partial charge in [0.1, 0.15) is 6.67 Å². The standard InChI is InChI=1S/C14H26FN3O2/c15-7-8-16-14(20)17-11-5-9-18(10-6-11)12-3-1-2-4-13(12)19/h11-13,19H,1-10H2,(H2,16,17,20)/t12-,13-/m1/s1. The SMILES string of the molecule is O=C(NCCF)NC1CCN([C@@H]2CCCC[C@H]2O)CC1. The second-order valence-corrected chi connectivity index (χ2v) is 5.82. The molecular weight excluding hydrogens is 261 g/mol. The van der Waals surface area contributed by atoms with E-state index in [0.717, 1.165) is 45.2 Å². The molecule has 2 rings (SSSR count). The summed E-state index contributed by atoms with van der Waals surface area (Å²) in [4.78, 5) is 13.8. The topological polar surface area (TPSA) is 64.6 Å². The lowest BCUT2D eigenvalue weighted by molar-refractivity contribution is 0.00777. The zero-order valence-electron chi connectivity index (χ0n) is 12.0. The van der Waals surface area contributed by atoms with Crippen molar-refractivity contribution < 1.29 is 14.3 Å². The minimum atomic E-state index is -0.536. The molecule has 20 heavy (non-hydrogen) atoms. The second-order valence-electron chi connectivity index (χ2n) is 5.82. The maximum atomic E-state index is 12.0. The van der Waals surface area contributed by atoms with Gasteiger partial charge in [0.15, 0.2) is 0 Å². The molecule has 1 aliphatic carbocycles. The van der Waals surface area contributed by atoms with E-state index in [1.54, 1.807) is 0 Å². The van der Waals surface area contributed by atoms with Crippen LogP contribution in [0.25, 0.3) is 0 Å². The molecule has 0 radical (unpaired) electrons. The van der Waals surface area contributed by atoms with Crippen LogP contribution in [0, 0.1) is 0 Å². The van der Waals surface area contributed by atoms with Crippen molar-refractivity contribution in [1.29, 1.82) is 0 Å². The quantitative estimate of drug-likeness (QED) is 0.723. The maximum Gasteiger partial charge on any atom is 0.315 e. The van der Waals surface area contributed by atoms with Crippen molar-refractivity contribution in [3.63, 3.8) is 0 Å². The molecule has 1 heterocycles. The number of piperidine rings is 1. The van der Waals surface area contributed by atoms with Gasteiger partial charge in [-0.1, -0.05) is 12.8 Å². The number of urea groups is 1. The molecule has 2 atom stereocenters. The minimum Gasteiger partial charge on any atom is -0.391 e. The van der Waals surface area contributed by atoms with Crippen LogP contribution < -0.4 is 10.6 Å². The monoisotopic (exact) mass is 287 g/mol. The van der Waals surface area contributed by atoms with Gasteiger partial charge < -0.3 is 15.7 Å². The van der Waals surface area contributed by atoms with E-state index >= 15 is 0 Å². The van der Waals surface area contributed by atoms with Crippen molar-refractivity contribution in [3.05, 3.63) is 0 Å². The first kappa shape index (κ1) is 15.5. The molecule has 0 unspecified atom stereocenters. The number of hydrogen-bond donors (Lipinski definition) is 3. The second kappa shape index (κ2) is 7.78. The van der Waals surface area contributed by atoms with Gasteiger partial charge in [-0.3, -0.25) is 4.90 Å². The summed E-state index contributed by atoms with van der Waals surface area (Å²) in [5, 5.41) is 15.4. The maximum absolute atomic E-state index is 12.0. The van der Waals surface area contributed by atoms with Crippen molar-refractivity contribution in [1.82, 2.24) is 15.5 Å². The first-order valence-electron chi connectivity index (χ1n) is 7.73. The summed E-state index contributed by atoms with van der Waals surface area (Å²) < 4.78 is 12.0. The smallest absolute Gasteiger partial charge is 0.315 e. The lowest BCUT2D eigenvalue weighted by Gasteiger charge is -2.41. The zero-order chi connectivity index (χ0) is 14.4. The van der Waals surface area contributed by atoms with E-state index in [4.69, 9.17) is 0 Å². The van der Waals surface area contributed by atoms with Gasteiger partial charge >= 0.3 is 6.03 Å². The highest BCUT2D eigenvalue weighted by Gasteiger charge is 2.31. The molecule has 2 aliphatic rings. The van der Waals surface area contributed by atoms with Crippen molar-refractivity contribution in [2.45, 2.75) is 56.7 Å². The predicted molar refractivity (Wildman–Crippen MR) is 75.4 cm³/mol. The van der Waals surface area contributed by atoms with Crippen LogP contribution in [-0.2, 0) is 0 Å². The van der Waals surface area contributed by atoms with E-state index in [9.17, 15) is 14.3 Å². The van der Waals surface area contributed by atoms with E-state index in [1.165, 1.54) is 6.42 Å². The molecule has 2 amide bonds. The highest BCUT2D eigenvalue weighted by atomic mass is 19.1. The highest BCUT2D eigenvalue weighted by molar-refractivity contribution is 5.74. The minimum absolute atomic E-state index is 0.0684. The first-order valence-corrected chi connectivity index (χ1v) is 7.73. The summed E-state index contributed by atoms with van der Waals surface area (Å²) in [6, 6.07) is 0.176. The van der Waals surface area contributed by atoms with Crippen LogP contribution in [0.5, 0.6) is 0 Å². The van der Waals surface area contributed by atoms with E-state index in [2.05, 4.69) is 15.5 Å². The predicted octanol–water partition coefficient (Wildman–Crippen LogP) is 1.02. The number of nitrogens with one attached hydrogen (secondary N) is 2. The molecule has 1 saturated heterocycles. The highest BCUT2D eigenvalue weighted by Crippen LogP contribution is 2.25. The fraction of sp³-hybridized carbons (Fsp3) is 0.929. The fourth-order valence-electron chi connectivity index (χ4n) is 3.29. The van der Waals surface area contributed by atoms with Gasteiger partial charge in [0.25, 0.3) is 0 Å². The van der Waals surface area contributed by atoms with Gasteiger partial charge in [-0.25, -0.2) is 9.18 Å². The normalized spacial score (nSPS) is 29.1. The number of aliphatic hydroxyl groups excluding tert-OH is 1. The Bertz CT molecular complexity index is 309. The number of nitrogens with zero attached hydrogens (tertiary/aromatic N) is 1. The Balaban J connectivity index is 1.70. The van der Waals surface area contributed by atoms with Crippen LogP contribution in [0.15, 0.2) is 0 Å². The van der Waals surface area contributed by atoms with Crippen molar-refractivity contribution in [3.8, 4) is 0 Å². The molecule has 3 N–H and O–H groups in total. The molecule has 116 valence electrons. The molecule has 1 saturated carbocycles. The number of alkyl halides is 1. The summed E-state index contributed by atoms with van der Waals surface area (Å²) in [5.41, 5.74) is 0. The van der Waals surface area contributed by atoms with Crippen LogP contribution in [-0.4, -0.2) is 60.5 Å². The third kappa shape index (κ3) is 4.31. The molecule has 0 spiro atoms. The fourth-order valence-corrected chi connectivity index (χ4v) is 3.29. The van der Waals surface area contributed by atoms with Crippen LogP contribution in [0.1, 0.15) is 38.5 Å². The third-order valence-corrected chi connectivity index (χ3v) is 4.41. The molecule has 2 fully saturated rings. The molecule has 0 aromatic carbocycles. The van der Waals surface area contributed by atoms with Crippen LogP contribution in [0.3, 0.4) is 0 Å². The Kier molecular flexibility index (Phi) is 6.04. The lowest BCUT2D eigenvalue weighted by Crippen LogP contribution is -2.53. The number of hydrogen-bond acceptors (Lipinski definition) is 3. The average molecular weight is 287 g/mol. The van der Waals surface area contributed by atoms with Crippen LogP contribution in [0.2, 0.25) is 0 Å². The van der Waals surface area contributed by atoms with E-state index in [0.29, 0.717) is 6.04 Å². The van der Waals surface area contributed by atoms with E-state index in [1.807, 2.05) is 0 Å².